The smallest absolute Gasteiger partial charge is 0.300 e. The number of benzene rings is 2. The molecule has 0 radical (unpaired) electrons. The summed E-state index contributed by atoms with van der Waals surface area (Å²) in [5.74, 6) is 0. The molecule has 0 aliphatic heterocycles. The summed E-state index contributed by atoms with van der Waals surface area (Å²) in [6, 6.07) is 16.4. The van der Waals surface area contributed by atoms with E-state index < -0.39 is 13.1 Å². The molecule has 2 aromatic carbocycles. The van der Waals surface area contributed by atoms with Crippen molar-refractivity contribution < 1.29 is 9.46 Å². The van der Waals surface area contributed by atoms with Gasteiger partial charge in [-0.1, -0.05) is 42.5 Å². The van der Waals surface area contributed by atoms with Gasteiger partial charge in [0.2, 0.25) is 0 Å². The average Bonchev–Trinajstić information content (AvgIpc) is 2.45. The van der Waals surface area contributed by atoms with E-state index in [1.807, 2.05) is 42.5 Å². The van der Waals surface area contributed by atoms with E-state index in [2.05, 4.69) is 4.98 Å². The second kappa shape index (κ2) is 4.97. The molecule has 0 bridgehead atoms. The molecule has 0 spiro atoms. The van der Waals surface area contributed by atoms with Gasteiger partial charge in [0.25, 0.3) is 13.1 Å². The van der Waals surface area contributed by atoms with Gasteiger partial charge in [0.05, 0.1) is 0 Å². The van der Waals surface area contributed by atoms with E-state index in [1.165, 1.54) is 6.07 Å². The zero-order valence-electron chi connectivity index (χ0n) is 11.0. The third-order valence-electron chi connectivity index (χ3n) is 3.31. The van der Waals surface area contributed by atoms with Crippen LogP contribution in [-0.4, -0.2) is 9.88 Å². The lowest BCUT2D eigenvalue weighted by Crippen LogP contribution is -2.29. The first-order valence-corrected chi connectivity index (χ1v) is 8.03. The Morgan fingerprint density at radius 1 is 1.00 bits per heavy atom. The van der Waals surface area contributed by atoms with E-state index in [0.29, 0.717) is 5.69 Å². The molecule has 0 aliphatic rings. The third kappa shape index (κ3) is 2.54. The molecule has 1 unspecified atom stereocenters. The highest BCUT2D eigenvalue weighted by Crippen LogP contribution is 2.29. The Balaban J connectivity index is 2.23. The minimum Gasteiger partial charge on any atom is -0.330 e. The molecule has 0 fully saturated rings. The molecule has 1 aromatic heterocycles. The molecular formula is C15H13N2O3P. The fraction of sp³-hybridized carbons (Fsp3) is 0. The van der Waals surface area contributed by atoms with Crippen molar-refractivity contribution in [1.82, 2.24) is 4.98 Å². The molecule has 0 aliphatic carbocycles. The van der Waals surface area contributed by atoms with Gasteiger partial charge in [0, 0.05) is 11.3 Å². The number of aromatic nitrogens is 1. The van der Waals surface area contributed by atoms with Crippen molar-refractivity contribution in [2.24, 2.45) is 5.50 Å². The van der Waals surface area contributed by atoms with Crippen LogP contribution in [0.2, 0.25) is 0 Å². The Morgan fingerprint density at radius 3 is 2.43 bits per heavy atom. The molecule has 5 nitrogen and oxygen atoms in total. The molecule has 0 saturated heterocycles. The first-order chi connectivity index (χ1) is 9.97. The molecule has 1 heterocycles. The predicted molar refractivity (Wildman–Crippen MR) is 83.7 cm³/mol. The van der Waals surface area contributed by atoms with Crippen molar-refractivity contribution in [2.75, 3.05) is 0 Å². The maximum atomic E-state index is 11.9. The fourth-order valence-electron chi connectivity index (χ4n) is 2.34. The van der Waals surface area contributed by atoms with E-state index in [9.17, 15) is 14.3 Å². The standard InChI is InChI=1S/C15H13N2O3P/c16-21(19,20)14-9-8-13(17-15(14)18)12-7-3-5-10-4-1-2-6-11(10)12/h1-9H,(H,17,18)(H3,16,19,20). The molecule has 0 amide bonds. The van der Waals surface area contributed by atoms with Gasteiger partial charge in [0.15, 0.2) is 0 Å². The van der Waals surface area contributed by atoms with Crippen LogP contribution < -0.4 is 16.4 Å². The zero-order valence-corrected chi connectivity index (χ0v) is 11.9. The number of rotatable bonds is 2. The normalized spacial score (nSPS) is 14.0. The summed E-state index contributed by atoms with van der Waals surface area (Å²) in [7, 11) is -4.06. The Labute approximate surface area is 120 Å². The van der Waals surface area contributed by atoms with E-state index in [1.54, 1.807) is 6.07 Å². The average molecular weight is 300 g/mol. The molecule has 21 heavy (non-hydrogen) atoms. The van der Waals surface area contributed by atoms with E-state index in [-0.39, 0.29) is 5.30 Å². The summed E-state index contributed by atoms with van der Waals surface area (Å²) in [4.78, 5) is 23.9. The zero-order chi connectivity index (χ0) is 15.0. The maximum Gasteiger partial charge on any atom is 0.300 e. The first-order valence-electron chi connectivity index (χ1n) is 6.30. The van der Waals surface area contributed by atoms with Crippen LogP contribution in [0.4, 0.5) is 0 Å². The number of fused-ring (bicyclic) bond motifs is 1. The molecule has 106 valence electrons. The van der Waals surface area contributed by atoms with Gasteiger partial charge in [-0.15, -0.1) is 0 Å². The molecule has 3 rings (SSSR count). The monoisotopic (exact) mass is 300 g/mol. The Kier molecular flexibility index (Phi) is 3.26. The second-order valence-corrected chi connectivity index (χ2v) is 6.46. The second-order valence-electron chi connectivity index (χ2n) is 4.74. The third-order valence-corrected chi connectivity index (χ3v) is 4.36. The summed E-state index contributed by atoms with van der Waals surface area (Å²) in [5.41, 5.74) is 5.91. The Bertz CT molecular complexity index is 922. The van der Waals surface area contributed by atoms with Gasteiger partial charge in [-0.25, -0.2) is 0 Å². The quantitative estimate of drug-likeness (QED) is 0.630. The summed E-state index contributed by atoms with van der Waals surface area (Å²) < 4.78 is 11.4. The number of hydrogen-bond donors (Lipinski definition) is 3. The van der Waals surface area contributed by atoms with Crippen LogP contribution in [0.5, 0.6) is 0 Å². The number of nitrogens with one attached hydrogen (secondary N) is 1. The van der Waals surface area contributed by atoms with Crippen LogP contribution in [0, 0.1) is 0 Å². The highest BCUT2D eigenvalue weighted by molar-refractivity contribution is 7.63. The van der Waals surface area contributed by atoms with Crippen LogP contribution in [0.15, 0.2) is 59.4 Å². The van der Waals surface area contributed by atoms with Crippen molar-refractivity contribution in [3.63, 3.8) is 0 Å². The van der Waals surface area contributed by atoms with E-state index in [4.69, 9.17) is 5.50 Å². The highest BCUT2D eigenvalue weighted by atomic mass is 31.2. The van der Waals surface area contributed by atoms with Crippen molar-refractivity contribution in [3.8, 4) is 11.3 Å². The molecule has 1 atom stereocenters. The first kappa shape index (κ1) is 13.8. The van der Waals surface area contributed by atoms with Crippen LogP contribution in [-0.2, 0) is 4.57 Å². The summed E-state index contributed by atoms with van der Waals surface area (Å²) >= 11 is 0. The van der Waals surface area contributed by atoms with Crippen molar-refractivity contribution in [3.05, 3.63) is 65.0 Å². The van der Waals surface area contributed by atoms with Crippen molar-refractivity contribution in [2.45, 2.75) is 0 Å². The molecule has 0 saturated carbocycles. The van der Waals surface area contributed by atoms with Crippen molar-refractivity contribution in [1.29, 1.82) is 0 Å². The predicted octanol–water partition coefficient (Wildman–Crippen LogP) is 1.96. The lowest BCUT2D eigenvalue weighted by Gasteiger charge is -2.09. The van der Waals surface area contributed by atoms with Crippen LogP contribution in [0.25, 0.3) is 22.0 Å². The number of pyridine rings is 1. The number of hydrogen-bond acceptors (Lipinski definition) is 2. The minimum atomic E-state index is -4.06. The van der Waals surface area contributed by atoms with Gasteiger partial charge in [0.1, 0.15) is 5.30 Å². The van der Waals surface area contributed by atoms with E-state index in [0.717, 1.165) is 16.3 Å². The highest BCUT2D eigenvalue weighted by Gasteiger charge is 2.19. The molecule has 3 aromatic rings. The lowest BCUT2D eigenvalue weighted by molar-refractivity contribution is 0.491. The van der Waals surface area contributed by atoms with Gasteiger partial charge in [-0.05, 0) is 22.9 Å². The van der Waals surface area contributed by atoms with Crippen molar-refractivity contribution >= 4 is 23.6 Å². The Hall–Kier alpha value is -2.20. The molecular weight excluding hydrogens is 287 g/mol. The number of H-pyrrole nitrogens is 1. The van der Waals surface area contributed by atoms with Crippen LogP contribution in [0.3, 0.4) is 0 Å². The summed E-state index contributed by atoms with van der Waals surface area (Å²) in [6.07, 6.45) is 0. The van der Waals surface area contributed by atoms with E-state index >= 15 is 0 Å². The molecule has 4 N–H and O–H groups in total. The summed E-state index contributed by atoms with van der Waals surface area (Å²) in [6.45, 7) is 0. The molecule has 6 heteroatoms. The van der Waals surface area contributed by atoms with Gasteiger partial charge in [-0.2, -0.15) is 0 Å². The Morgan fingerprint density at radius 2 is 1.71 bits per heavy atom. The topological polar surface area (TPSA) is 96.2 Å². The van der Waals surface area contributed by atoms with Gasteiger partial charge < -0.3 is 9.88 Å². The van der Waals surface area contributed by atoms with Gasteiger partial charge in [-0.3, -0.25) is 14.9 Å². The number of aromatic amines is 1. The SMILES string of the molecule is NP(=O)(O)c1ccc(-c2cccc3ccccc23)[nH]c1=O. The lowest BCUT2D eigenvalue weighted by atomic mass is 10.0. The maximum absolute atomic E-state index is 11.9. The fourth-order valence-corrected chi connectivity index (χ4v) is 2.97. The summed E-state index contributed by atoms with van der Waals surface area (Å²) in [5, 5.41) is 1.74. The van der Waals surface area contributed by atoms with Crippen LogP contribution in [0.1, 0.15) is 0 Å². The van der Waals surface area contributed by atoms with Gasteiger partial charge >= 0.3 is 0 Å². The minimum absolute atomic E-state index is 0.300. The largest absolute Gasteiger partial charge is 0.330 e. The van der Waals surface area contributed by atoms with Crippen LogP contribution >= 0.6 is 7.52 Å². The number of nitrogens with two attached hydrogens (primary N) is 1.